The highest BCUT2D eigenvalue weighted by atomic mass is 32.1. The number of carboxylic acids is 1. The number of anilines is 1. The molecule has 3 aromatic rings. The van der Waals surface area contributed by atoms with Crippen LogP contribution in [0.4, 0.5) is 5.69 Å². The van der Waals surface area contributed by atoms with Crippen LogP contribution in [-0.4, -0.2) is 28.5 Å². The Balaban J connectivity index is 1.25. The number of nitrogens with zero attached hydrogens (tertiary/aromatic N) is 2. The minimum Gasteiger partial charge on any atom is -0.478 e. The van der Waals surface area contributed by atoms with Gasteiger partial charge in [-0.1, -0.05) is 43.5 Å². The topological polar surface area (TPSA) is 70.5 Å². The van der Waals surface area contributed by atoms with E-state index in [9.17, 15) is 9.59 Å². The quantitative estimate of drug-likeness (QED) is 0.321. The van der Waals surface area contributed by atoms with Gasteiger partial charge in [0.2, 0.25) is 5.91 Å². The minimum absolute atomic E-state index is 0.0902. The summed E-state index contributed by atoms with van der Waals surface area (Å²) >= 11 is 1.87. The molecule has 0 radical (unpaired) electrons. The van der Waals surface area contributed by atoms with Crippen molar-refractivity contribution < 1.29 is 14.7 Å². The first-order chi connectivity index (χ1) is 18.5. The highest BCUT2D eigenvalue weighted by Gasteiger charge is 2.51. The van der Waals surface area contributed by atoms with E-state index >= 15 is 0 Å². The van der Waals surface area contributed by atoms with Crippen LogP contribution in [0.5, 0.6) is 0 Å². The third-order valence-electron chi connectivity index (χ3n) is 9.46. The Morgan fingerprint density at radius 3 is 2.42 bits per heavy atom. The SMILES string of the molecule is O=C(O)/C=C/c1cccc(N(CC23CCC(c4nc5ccccc5s4)(CC2)CC3)C(=O)C2CCCCC2)c1. The lowest BCUT2D eigenvalue weighted by Gasteiger charge is -2.54. The summed E-state index contributed by atoms with van der Waals surface area (Å²) < 4.78 is 1.28. The second-order valence-electron chi connectivity index (χ2n) is 11.8. The van der Waals surface area contributed by atoms with Crippen molar-refractivity contribution in [3.63, 3.8) is 0 Å². The molecule has 1 heterocycles. The lowest BCUT2D eigenvalue weighted by molar-refractivity contribution is -0.131. The number of hydrogen-bond acceptors (Lipinski definition) is 4. The molecule has 38 heavy (non-hydrogen) atoms. The van der Waals surface area contributed by atoms with Crippen LogP contribution >= 0.6 is 11.3 Å². The van der Waals surface area contributed by atoms with Crippen LogP contribution in [-0.2, 0) is 15.0 Å². The van der Waals surface area contributed by atoms with Crippen molar-refractivity contribution in [3.8, 4) is 0 Å². The van der Waals surface area contributed by atoms with Crippen LogP contribution in [0.1, 0.15) is 81.2 Å². The Hall–Kier alpha value is -2.99. The van der Waals surface area contributed by atoms with Crippen LogP contribution in [0.2, 0.25) is 0 Å². The summed E-state index contributed by atoms with van der Waals surface area (Å²) in [6.45, 7) is 0.754. The Morgan fingerprint density at radius 2 is 1.71 bits per heavy atom. The first-order valence-electron chi connectivity index (χ1n) is 14.1. The van der Waals surface area contributed by atoms with Gasteiger partial charge >= 0.3 is 5.97 Å². The number of aromatic nitrogens is 1. The number of hydrogen-bond donors (Lipinski definition) is 1. The van der Waals surface area contributed by atoms with Gasteiger partial charge in [-0.05, 0) is 92.7 Å². The summed E-state index contributed by atoms with van der Waals surface area (Å²) in [5.74, 6) is -0.620. The molecule has 1 N–H and O–H groups in total. The highest BCUT2D eigenvalue weighted by Crippen LogP contribution is 2.59. The van der Waals surface area contributed by atoms with Crippen molar-refractivity contribution >= 4 is 45.2 Å². The van der Waals surface area contributed by atoms with Crippen LogP contribution in [0.3, 0.4) is 0 Å². The molecule has 2 aromatic carbocycles. The molecule has 0 spiro atoms. The lowest BCUT2D eigenvalue weighted by Crippen LogP contribution is -2.51. The van der Waals surface area contributed by atoms with Crippen molar-refractivity contribution in [3.05, 3.63) is 65.2 Å². The number of rotatable bonds is 7. The van der Waals surface area contributed by atoms with E-state index in [1.807, 2.05) is 35.6 Å². The van der Waals surface area contributed by atoms with Crippen LogP contribution in [0.25, 0.3) is 16.3 Å². The highest BCUT2D eigenvalue weighted by molar-refractivity contribution is 7.18. The molecular formula is C32H36N2O3S. The second-order valence-corrected chi connectivity index (χ2v) is 12.8. The first-order valence-corrected chi connectivity index (χ1v) is 15.0. The van der Waals surface area contributed by atoms with E-state index in [0.29, 0.717) is 0 Å². The fraction of sp³-hybridized carbons (Fsp3) is 0.469. The first kappa shape index (κ1) is 25.3. The van der Waals surface area contributed by atoms with Gasteiger partial charge in [0.05, 0.1) is 15.2 Å². The fourth-order valence-electron chi connectivity index (χ4n) is 7.09. The molecule has 0 saturated heterocycles. The number of carbonyl (C=O) groups is 2. The zero-order valence-corrected chi connectivity index (χ0v) is 22.7. The number of para-hydroxylation sites is 1. The van der Waals surface area contributed by atoms with E-state index in [1.165, 1.54) is 16.1 Å². The molecule has 1 aromatic heterocycles. The number of benzene rings is 2. The smallest absolute Gasteiger partial charge is 0.328 e. The van der Waals surface area contributed by atoms with Gasteiger partial charge in [-0.3, -0.25) is 4.79 Å². The summed E-state index contributed by atoms with van der Waals surface area (Å²) in [5.41, 5.74) is 3.15. The molecule has 2 bridgehead atoms. The van der Waals surface area contributed by atoms with E-state index in [0.717, 1.165) is 93.6 Å². The van der Waals surface area contributed by atoms with Gasteiger partial charge in [0.1, 0.15) is 0 Å². The lowest BCUT2D eigenvalue weighted by atomic mass is 9.53. The van der Waals surface area contributed by atoms with Gasteiger partial charge in [-0.2, -0.15) is 0 Å². The number of fused-ring (bicyclic) bond motifs is 4. The summed E-state index contributed by atoms with van der Waals surface area (Å²) in [6, 6.07) is 16.3. The van der Waals surface area contributed by atoms with Crippen LogP contribution < -0.4 is 4.90 Å². The minimum atomic E-state index is -0.967. The largest absolute Gasteiger partial charge is 0.478 e. The van der Waals surface area contributed by atoms with Gasteiger partial charge in [-0.25, -0.2) is 9.78 Å². The molecule has 0 atom stereocenters. The molecule has 0 unspecified atom stereocenters. The number of carbonyl (C=O) groups excluding carboxylic acids is 1. The predicted molar refractivity (Wildman–Crippen MR) is 153 cm³/mol. The number of carboxylic acid groups (broad SMARTS) is 1. The number of thiazole rings is 1. The zero-order chi connectivity index (χ0) is 26.2. The average Bonchev–Trinajstić information content (AvgIpc) is 3.42. The van der Waals surface area contributed by atoms with E-state index in [2.05, 4.69) is 29.2 Å². The molecule has 5 nitrogen and oxygen atoms in total. The van der Waals surface area contributed by atoms with Crippen molar-refractivity contribution in [1.29, 1.82) is 0 Å². The van der Waals surface area contributed by atoms with Crippen LogP contribution in [0, 0.1) is 11.3 Å². The molecule has 4 aliphatic carbocycles. The summed E-state index contributed by atoms with van der Waals surface area (Å²) in [5, 5.41) is 10.4. The van der Waals surface area contributed by atoms with Gasteiger partial charge in [-0.15, -0.1) is 11.3 Å². The Bertz CT molecular complexity index is 1310. The van der Waals surface area contributed by atoms with Gasteiger partial charge in [0, 0.05) is 29.6 Å². The maximum absolute atomic E-state index is 14.0. The molecule has 1 amide bonds. The van der Waals surface area contributed by atoms with Crippen molar-refractivity contribution in [2.24, 2.45) is 11.3 Å². The van der Waals surface area contributed by atoms with Crippen molar-refractivity contribution in [2.45, 2.75) is 76.0 Å². The molecule has 7 rings (SSSR count). The summed E-state index contributed by atoms with van der Waals surface area (Å²) in [7, 11) is 0. The number of amides is 1. The fourth-order valence-corrected chi connectivity index (χ4v) is 8.33. The average molecular weight is 529 g/mol. The molecule has 4 aliphatic rings. The molecule has 6 heteroatoms. The van der Waals surface area contributed by atoms with Gasteiger partial charge < -0.3 is 10.0 Å². The Morgan fingerprint density at radius 1 is 0.974 bits per heavy atom. The third-order valence-corrected chi connectivity index (χ3v) is 10.7. The van der Waals surface area contributed by atoms with E-state index in [-0.39, 0.29) is 22.7 Å². The molecule has 198 valence electrons. The van der Waals surface area contributed by atoms with Gasteiger partial charge in [0.25, 0.3) is 0 Å². The van der Waals surface area contributed by atoms with E-state index < -0.39 is 5.97 Å². The third kappa shape index (κ3) is 4.91. The zero-order valence-electron chi connectivity index (χ0n) is 21.9. The monoisotopic (exact) mass is 528 g/mol. The van der Waals surface area contributed by atoms with Crippen molar-refractivity contribution in [1.82, 2.24) is 4.98 Å². The number of aliphatic carboxylic acids is 1. The molecule has 4 fully saturated rings. The maximum Gasteiger partial charge on any atom is 0.328 e. The maximum atomic E-state index is 14.0. The van der Waals surface area contributed by atoms with Crippen molar-refractivity contribution in [2.75, 3.05) is 11.4 Å². The van der Waals surface area contributed by atoms with E-state index in [1.54, 1.807) is 6.08 Å². The summed E-state index contributed by atoms with van der Waals surface area (Å²) in [6.07, 6.45) is 15.0. The van der Waals surface area contributed by atoms with E-state index in [4.69, 9.17) is 10.1 Å². The predicted octanol–water partition coefficient (Wildman–Crippen LogP) is 7.60. The molecular weight excluding hydrogens is 492 g/mol. The Kier molecular flexibility index (Phi) is 6.85. The Labute approximate surface area is 228 Å². The van der Waals surface area contributed by atoms with Gasteiger partial charge in [0.15, 0.2) is 0 Å². The standard InChI is InChI=1S/C32H36N2O3S/c35-28(36)14-13-23-7-6-10-25(21-23)34(29(37)24-8-2-1-3-9-24)22-31-15-18-32(19-16-31,20-17-31)30-33-26-11-4-5-12-27(26)38-30/h4-7,10-14,21,24H,1-3,8-9,15-20,22H2,(H,35,36)/b14-13+. The summed E-state index contributed by atoms with van der Waals surface area (Å²) in [4.78, 5) is 32.2. The molecule has 4 saturated carbocycles. The van der Waals surface area contributed by atoms with Crippen LogP contribution in [0.15, 0.2) is 54.6 Å². The second kappa shape index (κ2) is 10.3. The normalized spacial score (nSPS) is 25.7. The molecule has 0 aliphatic heterocycles.